The van der Waals surface area contributed by atoms with Crippen molar-refractivity contribution < 1.29 is 13.5 Å². The minimum Gasteiger partial charge on any atom is -0.369 e. The zero-order valence-electron chi connectivity index (χ0n) is 12.5. The lowest BCUT2D eigenvalue weighted by Crippen LogP contribution is -2.42. The Morgan fingerprint density at radius 1 is 1.25 bits per heavy atom. The van der Waals surface area contributed by atoms with Crippen LogP contribution in [0.15, 0.2) is 18.2 Å². The maximum atomic E-state index is 13.2. The molecule has 0 aromatic heterocycles. The molecule has 0 aliphatic carbocycles. The van der Waals surface area contributed by atoms with E-state index in [1.54, 1.807) is 6.07 Å². The lowest BCUT2D eigenvalue weighted by molar-refractivity contribution is -0.0765. The zero-order chi connectivity index (χ0) is 15.1. The van der Waals surface area contributed by atoms with Crippen molar-refractivity contribution >= 4 is 0 Å². The molecule has 1 aliphatic rings. The predicted molar refractivity (Wildman–Crippen MR) is 75.4 cm³/mol. The van der Waals surface area contributed by atoms with Crippen molar-refractivity contribution in [3.05, 3.63) is 35.4 Å². The first-order chi connectivity index (χ1) is 9.11. The van der Waals surface area contributed by atoms with Crippen LogP contribution in [-0.2, 0) is 11.2 Å². The Labute approximate surface area is 119 Å². The van der Waals surface area contributed by atoms with Gasteiger partial charge in [0.15, 0.2) is 11.6 Å². The number of benzene rings is 1. The van der Waals surface area contributed by atoms with Crippen LogP contribution in [0.5, 0.6) is 0 Å². The Balaban J connectivity index is 2.12. The number of hydrogen-bond acceptors (Lipinski definition) is 2. The predicted octanol–water partition coefficient (Wildman–Crippen LogP) is 3.43. The first kappa shape index (κ1) is 15.4. The smallest absolute Gasteiger partial charge is 0.159 e. The van der Waals surface area contributed by atoms with Gasteiger partial charge in [-0.05, 0) is 58.2 Å². The Bertz CT molecular complexity index is 499. The molecule has 1 aromatic carbocycles. The lowest BCUT2D eigenvalue weighted by atomic mass is 9.80. The van der Waals surface area contributed by atoms with Crippen LogP contribution in [-0.4, -0.2) is 17.2 Å². The Hall–Kier alpha value is -1.00. The molecule has 2 unspecified atom stereocenters. The van der Waals surface area contributed by atoms with E-state index < -0.39 is 11.6 Å². The second-order valence-corrected chi connectivity index (χ2v) is 6.89. The van der Waals surface area contributed by atoms with Crippen LogP contribution in [0.2, 0.25) is 0 Å². The van der Waals surface area contributed by atoms with Crippen LogP contribution in [0.25, 0.3) is 0 Å². The van der Waals surface area contributed by atoms with Crippen LogP contribution in [0.3, 0.4) is 0 Å². The second-order valence-electron chi connectivity index (χ2n) is 6.89. The maximum absolute atomic E-state index is 13.2. The Morgan fingerprint density at radius 3 is 2.40 bits per heavy atom. The van der Waals surface area contributed by atoms with Gasteiger partial charge in [0.2, 0.25) is 0 Å². The van der Waals surface area contributed by atoms with Gasteiger partial charge in [0, 0.05) is 12.0 Å². The van der Waals surface area contributed by atoms with Crippen LogP contribution in [0.1, 0.15) is 39.7 Å². The van der Waals surface area contributed by atoms with E-state index in [4.69, 9.17) is 10.5 Å². The van der Waals surface area contributed by atoms with Crippen LogP contribution >= 0.6 is 0 Å². The molecule has 1 fully saturated rings. The summed E-state index contributed by atoms with van der Waals surface area (Å²) in [5.74, 6) is -1.46. The number of hydrogen-bond donors (Lipinski definition) is 1. The van der Waals surface area contributed by atoms with Gasteiger partial charge in [-0.2, -0.15) is 0 Å². The number of nitrogens with two attached hydrogens (primary N) is 1. The highest BCUT2D eigenvalue weighted by Crippen LogP contribution is 2.43. The van der Waals surface area contributed by atoms with Crippen molar-refractivity contribution in [1.29, 1.82) is 0 Å². The highest BCUT2D eigenvalue weighted by Gasteiger charge is 2.48. The molecule has 2 rings (SSSR count). The van der Waals surface area contributed by atoms with Gasteiger partial charge in [0.05, 0.1) is 11.2 Å². The molecule has 1 heterocycles. The van der Waals surface area contributed by atoms with Gasteiger partial charge in [0.25, 0.3) is 0 Å². The van der Waals surface area contributed by atoms with Gasteiger partial charge in [0.1, 0.15) is 0 Å². The Kier molecular flexibility index (Phi) is 3.91. The molecule has 1 aromatic rings. The highest BCUT2D eigenvalue weighted by atomic mass is 19.2. The summed E-state index contributed by atoms with van der Waals surface area (Å²) in [5.41, 5.74) is 6.52. The summed E-state index contributed by atoms with van der Waals surface area (Å²) in [4.78, 5) is 0. The second kappa shape index (κ2) is 5.08. The maximum Gasteiger partial charge on any atom is 0.159 e. The van der Waals surface area contributed by atoms with Gasteiger partial charge < -0.3 is 10.5 Å². The fraction of sp³-hybridized carbons (Fsp3) is 0.625. The van der Waals surface area contributed by atoms with E-state index >= 15 is 0 Å². The zero-order valence-corrected chi connectivity index (χ0v) is 12.5. The molecule has 2 nitrogen and oxygen atoms in total. The summed E-state index contributed by atoms with van der Waals surface area (Å²) >= 11 is 0. The average molecular weight is 283 g/mol. The quantitative estimate of drug-likeness (QED) is 0.922. The van der Waals surface area contributed by atoms with E-state index in [0.29, 0.717) is 6.42 Å². The monoisotopic (exact) mass is 283 g/mol. The van der Waals surface area contributed by atoms with Gasteiger partial charge in [-0.25, -0.2) is 8.78 Å². The van der Waals surface area contributed by atoms with E-state index in [0.717, 1.165) is 18.1 Å². The van der Waals surface area contributed by atoms with Gasteiger partial charge in [-0.1, -0.05) is 6.07 Å². The summed E-state index contributed by atoms with van der Waals surface area (Å²) in [5, 5.41) is 0. The van der Waals surface area contributed by atoms with E-state index in [9.17, 15) is 8.78 Å². The summed E-state index contributed by atoms with van der Waals surface area (Å²) in [7, 11) is 0. The largest absolute Gasteiger partial charge is 0.369 e. The average Bonchev–Trinajstić information content (AvgIpc) is 2.52. The summed E-state index contributed by atoms with van der Waals surface area (Å²) in [6.07, 6.45) is 1.38. The normalized spacial score (nSPS) is 25.6. The van der Waals surface area contributed by atoms with Crippen LogP contribution < -0.4 is 5.73 Å². The van der Waals surface area contributed by atoms with E-state index in [2.05, 4.69) is 13.8 Å². The molecule has 2 N–H and O–H groups in total. The molecule has 2 atom stereocenters. The fourth-order valence-electron chi connectivity index (χ4n) is 3.35. The lowest BCUT2D eigenvalue weighted by Gasteiger charge is -2.31. The molecule has 0 amide bonds. The molecule has 0 spiro atoms. The molecule has 0 saturated carbocycles. The van der Waals surface area contributed by atoms with E-state index in [-0.39, 0.29) is 23.2 Å². The first-order valence-corrected chi connectivity index (χ1v) is 7.00. The van der Waals surface area contributed by atoms with Gasteiger partial charge >= 0.3 is 0 Å². The molecule has 112 valence electrons. The molecule has 4 heteroatoms. The van der Waals surface area contributed by atoms with Crippen molar-refractivity contribution in [3.63, 3.8) is 0 Å². The van der Waals surface area contributed by atoms with Crippen molar-refractivity contribution in [2.75, 3.05) is 0 Å². The number of rotatable bonds is 3. The van der Waals surface area contributed by atoms with Gasteiger partial charge in [-0.3, -0.25) is 0 Å². The highest BCUT2D eigenvalue weighted by molar-refractivity contribution is 5.19. The van der Waals surface area contributed by atoms with Crippen molar-refractivity contribution in [1.82, 2.24) is 0 Å². The third-order valence-corrected chi connectivity index (χ3v) is 4.12. The SMILES string of the molecule is CC1(C)CC(C(N)Cc2ccc(F)c(F)c2)C(C)(C)O1. The summed E-state index contributed by atoms with van der Waals surface area (Å²) < 4.78 is 32.2. The minimum atomic E-state index is -0.826. The van der Waals surface area contributed by atoms with Crippen molar-refractivity contribution in [3.8, 4) is 0 Å². The standard InChI is InChI=1S/C16H23F2NO/c1-15(2)9-11(16(3,4)20-15)14(19)8-10-5-6-12(17)13(18)7-10/h5-7,11,14H,8-9,19H2,1-4H3. The molecule has 1 saturated heterocycles. The minimum absolute atomic E-state index is 0.142. The fourth-order valence-corrected chi connectivity index (χ4v) is 3.35. The van der Waals surface area contributed by atoms with Crippen molar-refractivity contribution in [2.24, 2.45) is 11.7 Å². The third kappa shape index (κ3) is 3.18. The molecular formula is C16H23F2NO. The Morgan fingerprint density at radius 2 is 1.90 bits per heavy atom. The summed E-state index contributed by atoms with van der Waals surface area (Å²) in [6.45, 7) is 8.19. The first-order valence-electron chi connectivity index (χ1n) is 7.00. The van der Waals surface area contributed by atoms with Crippen molar-refractivity contribution in [2.45, 2.75) is 57.8 Å². The third-order valence-electron chi connectivity index (χ3n) is 4.12. The molecule has 0 bridgehead atoms. The molecule has 0 radical (unpaired) electrons. The van der Waals surface area contributed by atoms with Crippen LogP contribution in [0.4, 0.5) is 8.78 Å². The van der Waals surface area contributed by atoms with E-state index in [1.165, 1.54) is 6.07 Å². The molecule has 1 aliphatic heterocycles. The molecule has 20 heavy (non-hydrogen) atoms. The molecular weight excluding hydrogens is 260 g/mol. The summed E-state index contributed by atoms with van der Waals surface area (Å²) in [6, 6.07) is 3.82. The number of ether oxygens (including phenoxy) is 1. The van der Waals surface area contributed by atoms with Gasteiger partial charge in [-0.15, -0.1) is 0 Å². The van der Waals surface area contributed by atoms with Crippen LogP contribution in [0, 0.1) is 17.6 Å². The number of halogens is 2. The topological polar surface area (TPSA) is 35.2 Å². The van der Waals surface area contributed by atoms with E-state index in [1.807, 2.05) is 13.8 Å².